The Kier molecular flexibility index (Phi) is 6.98. The maximum absolute atomic E-state index is 12.5. The summed E-state index contributed by atoms with van der Waals surface area (Å²) in [6, 6.07) is 9.61. The van der Waals surface area contributed by atoms with Crippen LogP contribution in [0.4, 0.5) is 0 Å². The van der Waals surface area contributed by atoms with Crippen molar-refractivity contribution in [2.45, 2.75) is 32.1 Å². The van der Waals surface area contributed by atoms with Crippen molar-refractivity contribution < 1.29 is 19.5 Å². The summed E-state index contributed by atoms with van der Waals surface area (Å²) in [5.74, 6) is -0.987. The summed E-state index contributed by atoms with van der Waals surface area (Å²) >= 11 is 0. The van der Waals surface area contributed by atoms with Gasteiger partial charge in [0.15, 0.2) is 0 Å². The molecule has 1 heterocycles. The molecule has 1 aromatic carbocycles. The fraction of sp³-hybridized carbons (Fsp3) is 0.526. The lowest BCUT2D eigenvalue weighted by molar-refractivity contribution is -0.141. The molecule has 1 aliphatic rings. The molecule has 136 valence electrons. The zero-order chi connectivity index (χ0) is 18.2. The third-order valence-electron chi connectivity index (χ3n) is 4.58. The Morgan fingerprint density at radius 1 is 1.24 bits per heavy atom. The number of carbonyl (C=O) groups is 3. The third-order valence-corrected chi connectivity index (χ3v) is 4.58. The zero-order valence-electron chi connectivity index (χ0n) is 14.7. The van der Waals surface area contributed by atoms with Crippen LogP contribution in [0.15, 0.2) is 30.3 Å². The molecular weight excluding hydrogens is 320 g/mol. The largest absolute Gasteiger partial charge is 0.481 e. The molecule has 0 aromatic heterocycles. The van der Waals surface area contributed by atoms with Gasteiger partial charge in [0, 0.05) is 33.1 Å². The molecule has 0 spiro atoms. The maximum atomic E-state index is 12.5. The van der Waals surface area contributed by atoms with Crippen LogP contribution in [0.1, 0.15) is 31.2 Å². The second-order valence-corrected chi connectivity index (χ2v) is 6.60. The second kappa shape index (κ2) is 9.20. The van der Waals surface area contributed by atoms with Gasteiger partial charge in [0.05, 0.1) is 12.3 Å². The van der Waals surface area contributed by atoms with E-state index in [0.29, 0.717) is 32.5 Å². The monoisotopic (exact) mass is 346 g/mol. The van der Waals surface area contributed by atoms with Crippen LogP contribution in [0.2, 0.25) is 0 Å². The van der Waals surface area contributed by atoms with Gasteiger partial charge in [-0.25, -0.2) is 0 Å². The molecule has 0 aliphatic carbocycles. The number of carbonyl (C=O) groups excluding carboxylic acids is 2. The maximum Gasteiger partial charge on any atom is 0.303 e. The normalized spacial score (nSPS) is 17.2. The van der Waals surface area contributed by atoms with Crippen LogP contribution in [0.5, 0.6) is 0 Å². The second-order valence-electron chi connectivity index (χ2n) is 6.60. The first kappa shape index (κ1) is 19.0. The number of piperidine rings is 1. The highest BCUT2D eigenvalue weighted by atomic mass is 16.4. The zero-order valence-corrected chi connectivity index (χ0v) is 14.7. The number of aliphatic carboxylic acids is 1. The molecule has 6 heteroatoms. The van der Waals surface area contributed by atoms with E-state index in [4.69, 9.17) is 5.11 Å². The van der Waals surface area contributed by atoms with Gasteiger partial charge in [-0.3, -0.25) is 14.4 Å². The summed E-state index contributed by atoms with van der Waals surface area (Å²) in [5, 5.41) is 8.68. The van der Waals surface area contributed by atoms with Gasteiger partial charge in [0.2, 0.25) is 11.8 Å². The highest BCUT2D eigenvalue weighted by molar-refractivity contribution is 5.82. The first-order valence-electron chi connectivity index (χ1n) is 8.76. The minimum Gasteiger partial charge on any atom is -0.481 e. The van der Waals surface area contributed by atoms with E-state index in [0.717, 1.165) is 18.4 Å². The minimum atomic E-state index is -0.851. The van der Waals surface area contributed by atoms with Crippen molar-refractivity contribution in [3.63, 3.8) is 0 Å². The van der Waals surface area contributed by atoms with Gasteiger partial charge in [0.25, 0.3) is 0 Å². The quantitative estimate of drug-likeness (QED) is 0.816. The molecule has 0 bridgehead atoms. The van der Waals surface area contributed by atoms with Crippen LogP contribution >= 0.6 is 0 Å². The molecule has 1 unspecified atom stereocenters. The lowest BCUT2D eigenvalue weighted by atomic mass is 9.96. The Balaban J connectivity index is 1.85. The Morgan fingerprint density at radius 2 is 1.96 bits per heavy atom. The molecule has 1 atom stereocenters. The fourth-order valence-electron chi connectivity index (χ4n) is 3.18. The van der Waals surface area contributed by atoms with Crippen LogP contribution < -0.4 is 0 Å². The van der Waals surface area contributed by atoms with Crippen LogP contribution in [0.25, 0.3) is 0 Å². The Morgan fingerprint density at radius 3 is 2.64 bits per heavy atom. The third kappa shape index (κ3) is 5.89. The molecule has 0 saturated carbocycles. The summed E-state index contributed by atoms with van der Waals surface area (Å²) in [5.41, 5.74) is 0.978. The number of carboxylic acid groups (broad SMARTS) is 1. The molecule has 2 amide bonds. The number of carboxylic acids is 1. The average molecular weight is 346 g/mol. The van der Waals surface area contributed by atoms with Crippen molar-refractivity contribution in [2.75, 3.05) is 26.7 Å². The number of likely N-dealkylation sites (tertiary alicyclic amines) is 1. The molecule has 2 rings (SSSR count). The highest BCUT2D eigenvalue weighted by Gasteiger charge is 2.30. The molecule has 1 N–H and O–H groups in total. The predicted octanol–water partition coefficient (Wildman–Crippen LogP) is 1.79. The van der Waals surface area contributed by atoms with Crippen LogP contribution in [-0.2, 0) is 20.8 Å². The van der Waals surface area contributed by atoms with Crippen molar-refractivity contribution in [3.05, 3.63) is 35.9 Å². The van der Waals surface area contributed by atoms with E-state index in [1.165, 1.54) is 0 Å². The number of hydrogen-bond donors (Lipinski definition) is 1. The van der Waals surface area contributed by atoms with Gasteiger partial charge in [0.1, 0.15) is 0 Å². The number of nitrogens with zero attached hydrogens (tertiary/aromatic N) is 2. The molecule has 6 nitrogen and oxygen atoms in total. The lowest BCUT2D eigenvalue weighted by Crippen LogP contribution is -2.46. The molecule has 1 aromatic rings. The number of rotatable bonds is 7. The number of hydrogen-bond acceptors (Lipinski definition) is 3. The number of amides is 2. The van der Waals surface area contributed by atoms with Crippen molar-refractivity contribution in [3.8, 4) is 0 Å². The van der Waals surface area contributed by atoms with E-state index in [2.05, 4.69) is 0 Å². The number of benzene rings is 1. The van der Waals surface area contributed by atoms with Crippen molar-refractivity contribution in [1.29, 1.82) is 0 Å². The van der Waals surface area contributed by atoms with Crippen LogP contribution in [-0.4, -0.2) is 59.4 Å². The van der Waals surface area contributed by atoms with Gasteiger partial charge in [-0.15, -0.1) is 0 Å². The first-order valence-corrected chi connectivity index (χ1v) is 8.76. The minimum absolute atomic E-state index is 0.00241. The topological polar surface area (TPSA) is 77.9 Å². The van der Waals surface area contributed by atoms with Crippen molar-refractivity contribution in [1.82, 2.24) is 9.80 Å². The Hall–Kier alpha value is -2.37. The standard InChI is InChI=1S/C19H26N2O4/c1-20(11-6-10-18(23)24)19(25)16-9-5-12-21(14-16)17(22)13-15-7-3-2-4-8-15/h2-4,7-8,16H,5-6,9-14H2,1H3,(H,23,24). The molecule has 1 saturated heterocycles. The van der Waals surface area contributed by atoms with E-state index in [9.17, 15) is 14.4 Å². The Labute approximate surface area is 148 Å². The van der Waals surface area contributed by atoms with Gasteiger partial charge in [-0.2, -0.15) is 0 Å². The summed E-state index contributed by atoms with van der Waals surface area (Å²) in [6.45, 7) is 1.57. The van der Waals surface area contributed by atoms with Gasteiger partial charge in [-0.05, 0) is 24.8 Å². The smallest absolute Gasteiger partial charge is 0.303 e. The van der Waals surface area contributed by atoms with Gasteiger partial charge < -0.3 is 14.9 Å². The van der Waals surface area contributed by atoms with Crippen molar-refractivity contribution >= 4 is 17.8 Å². The SMILES string of the molecule is CN(CCCC(=O)O)C(=O)C1CCCN(C(=O)Cc2ccccc2)C1. The van der Waals surface area contributed by atoms with E-state index < -0.39 is 5.97 Å². The van der Waals surface area contributed by atoms with E-state index in [-0.39, 0.29) is 24.2 Å². The van der Waals surface area contributed by atoms with Gasteiger partial charge in [-0.1, -0.05) is 30.3 Å². The van der Waals surface area contributed by atoms with E-state index in [1.54, 1.807) is 16.8 Å². The first-order chi connectivity index (χ1) is 12.0. The molecule has 25 heavy (non-hydrogen) atoms. The van der Waals surface area contributed by atoms with E-state index >= 15 is 0 Å². The molecular formula is C19H26N2O4. The van der Waals surface area contributed by atoms with Crippen LogP contribution in [0.3, 0.4) is 0 Å². The molecule has 0 radical (unpaired) electrons. The summed E-state index contributed by atoms with van der Waals surface area (Å²) in [4.78, 5) is 39.0. The van der Waals surface area contributed by atoms with Crippen molar-refractivity contribution in [2.24, 2.45) is 5.92 Å². The van der Waals surface area contributed by atoms with Gasteiger partial charge >= 0.3 is 5.97 Å². The lowest BCUT2D eigenvalue weighted by Gasteiger charge is -2.34. The highest BCUT2D eigenvalue weighted by Crippen LogP contribution is 2.19. The summed E-state index contributed by atoms with van der Waals surface area (Å²) in [7, 11) is 1.70. The Bertz CT molecular complexity index is 603. The fourth-order valence-corrected chi connectivity index (χ4v) is 3.18. The van der Waals surface area contributed by atoms with E-state index in [1.807, 2.05) is 30.3 Å². The predicted molar refractivity (Wildman–Crippen MR) is 94.0 cm³/mol. The van der Waals surface area contributed by atoms with Crippen LogP contribution in [0, 0.1) is 5.92 Å². The average Bonchev–Trinajstić information content (AvgIpc) is 2.61. The molecule has 1 fully saturated rings. The summed E-state index contributed by atoms with van der Waals surface area (Å²) in [6.07, 6.45) is 2.46. The summed E-state index contributed by atoms with van der Waals surface area (Å²) < 4.78 is 0. The molecule has 1 aliphatic heterocycles.